The lowest BCUT2D eigenvalue weighted by atomic mass is 9.99. The van der Waals surface area contributed by atoms with Crippen LogP contribution in [-0.4, -0.2) is 42.9 Å². The number of fused-ring (bicyclic) bond motifs is 1. The third-order valence-electron chi connectivity index (χ3n) is 5.07. The van der Waals surface area contributed by atoms with E-state index in [1.807, 2.05) is 0 Å². The van der Waals surface area contributed by atoms with Gasteiger partial charge >= 0.3 is 0 Å². The summed E-state index contributed by atoms with van der Waals surface area (Å²) in [6, 6.07) is 2.88. The van der Waals surface area contributed by atoms with Crippen molar-refractivity contribution in [1.29, 1.82) is 0 Å². The lowest BCUT2D eigenvalue weighted by Gasteiger charge is -2.36. The Bertz CT molecular complexity index is 446. The third-order valence-corrected chi connectivity index (χ3v) is 5.80. The van der Waals surface area contributed by atoms with Crippen molar-refractivity contribution >= 4 is 11.3 Å². The van der Waals surface area contributed by atoms with Gasteiger partial charge in [-0.2, -0.15) is 11.3 Å². The van der Waals surface area contributed by atoms with Crippen LogP contribution >= 0.6 is 11.3 Å². The monoisotopic (exact) mass is 307 g/mol. The van der Waals surface area contributed by atoms with Crippen molar-refractivity contribution in [3.8, 4) is 0 Å². The molecular weight excluding hydrogens is 282 g/mol. The maximum Gasteiger partial charge on any atom is 0.0813 e. The molecule has 0 aromatic carbocycles. The van der Waals surface area contributed by atoms with Crippen LogP contribution in [0.3, 0.4) is 0 Å². The van der Waals surface area contributed by atoms with E-state index in [-0.39, 0.29) is 0 Å². The topological polar surface area (TPSA) is 21.7 Å². The second kappa shape index (κ2) is 6.37. The Balaban J connectivity index is 1.25. The predicted molar refractivity (Wildman–Crippen MR) is 84.6 cm³/mol. The smallest absolute Gasteiger partial charge is 0.0813 e. The number of nitrogens with zero attached hydrogens (tertiary/aromatic N) is 1. The molecule has 1 aromatic heterocycles. The summed E-state index contributed by atoms with van der Waals surface area (Å²) in [6.45, 7) is 4.04. The van der Waals surface area contributed by atoms with Gasteiger partial charge in [0.1, 0.15) is 0 Å². The molecule has 2 saturated heterocycles. The average Bonchev–Trinajstić information content (AvgIpc) is 3.03. The quantitative estimate of drug-likeness (QED) is 0.805. The fraction of sp³-hybridized carbons (Fsp3) is 0.765. The molecule has 4 rings (SSSR count). The van der Waals surface area contributed by atoms with Crippen molar-refractivity contribution in [1.82, 2.24) is 4.90 Å². The van der Waals surface area contributed by atoms with Crippen molar-refractivity contribution in [2.24, 2.45) is 5.92 Å². The van der Waals surface area contributed by atoms with E-state index in [0.29, 0.717) is 18.2 Å². The van der Waals surface area contributed by atoms with Crippen molar-refractivity contribution < 1.29 is 9.47 Å². The summed E-state index contributed by atoms with van der Waals surface area (Å²) in [4.78, 5) is 2.62. The summed E-state index contributed by atoms with van der Waals surface area (Å²) in [5, 5.41) is 4.44. The molecule has 116 valence electrons. The van der Waals surface area contributed by atoms with Gasteiger partial charge in [-0.05, 0) is 60.4 Å². The first-order valence-electron chi connectivity index (χ1n) is 8.37. The minimum Gasteiger partial charge on any atom is -0.378 e. The lowest BCUT2D eigenvalue weighted by Crippen LogP contribution is -2.43. The minimum atomic E-state index is 0.339. The third kappa shape index (κ3) is 3.50. The first-order valence-corrected chi connectivity index (χ1v) is 9.31. The van der Waals surface area contributed by atoms with Crippen LogP contribution in [0.5, 0.6) is 0 Å². The fourth-order valence-corrected chi connectivity index (χ4v) is 4.33. The Labute approximate surface area is 131 Å². The Hall–Kier alpha value is -0.420. The molecule has 1 aromatic rings. The van der Waals surface area contributed by atoms with E-state index in [4.69, 9.17) is 9.47 Å². The van der Waals surface area contributed by atoms with Crippen molar-refractivity contribution in [3.63, 3.8) is 0 Å². The lowest BCUT2D eigenvalue weighted by molar-refractivity contribution is -0.101. The van der Waals surface area contributed by atoms with Crippen LogP contribution in [0.2, 0.25) is 0 Å². The largest absolute Gasteiger partial charge is 0.378 e. The number of hydrogen-bond donors (Lipinski definition) is 0. The molecule has 3 fully saturated rings. The van der Waals surface area contributed by atoms with Gasteiger partial charge in [-0.1, -0.05) is 0 Å². The zero-order valence-electron chi connectivity index (χ0n) is 12.6. The van der Waals surface area contributed by atoms with Crippen LogP contribution in [0.1, 0.15) is 37.7 Å². The first-order chi connectivity index (χ1) is 10.4. The van der Waals surface area contributed by atoms with Crippen molar-refractivity contribution in [3.05, 3.63) is 22.4 Å². The Morgan fingerprint density at radius 1 is 1.19 bits per heavy atom. The van der Waals surface area contributed by atoms with Crippen LogP contribution in [0, 0.1) is 5.92 Å². The zero-order chi connectivity index (χ0) is 14.1. The Kier molecular flexibility index (Phi) is 4.30. The van der Waals surface area contributed by atoms with Gasteiger partial charge in [0.25, 0.3) is 0 Å². The van der Waals surface area contributed by atoms with Gasteiger partial charge in [-0.3, -0.25) is 4.90 Å². The van der Waals surface area contributed by atoms with Crippen molar-refractivity contribution in [2.45, 2.75) is 56.9 Å². The molecule has 2 aliphatic heterocycles. The van der Waals surface area contributed by atoms with Gasteiger partial charge in [0.2, 0.25) is 0 Å². The summed E-state index contributed by atoms with van der Waals surface area (Å²) in [5.74, 6) is 0.855. The van der Waals surface area contributed by atoms with Crippen LogP contribution in [-0.2, 0) is 16.0 Å². The van der Waals surface area contributed by atoms with Gasteiger partial charge < -0.3 is 9.47 Å². The highest BCUT2D eigenvalue weighted by molar-refractivity contribution is 7.07. The van der Waals surface area contributed by atoms with Crippen LogP contribution in [0.25, 0.3) is 0 Å². The van der Waals surface area contributed by atoms with Gasteiger partial charge in [0.15, 0.2) is 0 Å². The van der Waals surface area contributed by atoms with Gasteiger partial charge in [-0.25, -0.2) is 0 Å². The van der Waals surface area contributed by atoms with Gasteiger partial charge in [-0.15, -0.1) is 0 Å². The highest BCUT2D eigenvalue weighted by atomic mass is 32.1. The molecule has 0 unspecified atom stereocenters. The molecule has 21 heavy (non-hydrogen) atoms. The second-order valence-electron chi connectivity index (χ2n) is 6.81. The van der Waals surface area contributed by atoms with E-state index >= 15 is 0 Å². The highest BCUT2D eigenvalue weighted by Gasteiger charge is 2.39. The van der Waals surface area contributed by atoms with Crippen molar-refractivity contribution in [2.75, 3.05) is 19.8 Å². The molecule has 0 amide bonds. The number of hydrogen-bond acceptors (Lipinski definition) is 4. The molecule has 0 N–H and O–H groups in total. The molecular formula is C17H25NO2S. The maximum atomic E-state index is 6.30. The first kappa shape index (κ1) is 14.2. The SMILES string of the molecule is c1cc(CN2CC[C@H]3O[C@H](COCC4CC4)CC[C@H]32)cs1. The fourth-order valence-electron chi connectivity index (χ4n) is 3.67. The van der Waals surface area contributed by atoms with E-state index in [1.54, 1.807) is 11.3 Å². The molecule has 0 spiro atoms. The summed E-state index contributed by atoms with van der Waals surface area (Å²) < 4.78 is 12.1. The van der Waals surface area contributed by atoms with Crippen LogP contribution in [0.4, 0.5) is 0 Å². The molecule has 1 aliphatic carbocycles. The average molecular weight is 307 g/mol. The number of ether oxygens (including phenoxy) is 2. The Morgan fingerprint density at radius 3 is 2.95 bits per heavy atom. The van der Waals surface area contributed by atoms with Crippen LogP contribution < -0.4 is 0 Å². The highest BCUT2D eigenvalue weighted by Crippen LogP contribution is 2.33. The van der Waals surface area contributed by atoms with Gasteiger partial charge in [0.05, 0.1) is 18.8 Å². The van der Waals surface area contributed by atoms with E-state index in [1.165, 1.54) is 37.8 Å². The number of rotatable bonds is 6. The van der Waals surface area contributed by atoms with E-state index in [9.17, 15) is 0 Å². The molecule has 1 saturated carbocycles. The normalized spacial score (nSPS) is 33.2. The van der Waals surface area contributed by atoms with E-state index in [2.05, 4.69) is 21.7 Å². The maximum absolute atomic E-state index is 6.30. The standard InChI is InChI=1S/C17H25NO2S/c1-2-13(1)10-19-11-15-3-4-16-17(20-15)5-7-18(16)9-14-6-8-21-12-14/h6,8,12-13,15-17H,1-5,7,9-11H2/t15-,16+,17+/m0/s1. The molecule has 3 aliphatic rings. The summed E-state index contributed by atoms with van der Waals surface area (Å²) >= 11 is 1.79. The molecule has 3 atom stereocenters. The number of thiophene rings is 1. The molecule has 3 nitrogen and oxygen atoms in total. The predicted octanol–water partition coefficient (Wildman–Crippen LogP) is 3.30. The zero-order valence-corrected chi connectivity index (χ0v) is 13.4. The summed E-state index contributed by atoms with van der Waals surface area (Å²) in [7, 11) is 0. The van der Waals surface area contributed by atoms with E-state index in [0.717, 1.165) is 32.1 Å². The minimum absolute atomic E-state index is 0.339. The second-order valence-corrected chi connectivity index (χ2v) is 7.59. The molecule has 4 heteroatoms. The van der Waals surface area contributed by atoms with E-state index < -0.39 is 0 Å². The number of likely N-dealkylation sites (tertiary alicyclic amines) is 1. The summed E-state index contributed by atoms with van der Waals surface area (Å²) in [5.41, 5.74) is 1.45. The Morgan fingerprint density at radius 2 is 2.14 bits per heavy atom. The van der Waals surface area contributed by atoms with Crippen LogP contribution in [0.15, 0.2) is 16.8 Å². The van der Waals surface area contributed by atoms with Gasteiger partial charge in [0, 0.05) is 25.7 Å². The summed E-state index contributed by atoms with van der Waals surface area (Å²) in [6.07, 6.45) is 7.13. The molecule has 0 radical (unpaired) electrons. The molecule has 3 heterocycles. The molecule has 0 bridgehead atoms.